The van der Waals surface area contributed by atoms with Gasteiger partial charge >= 0.3 is 6.18 Å². The first-order valence-electron chi connectivity index (χ1n) is 7.65. The zero-order valence-corrected chi connectivity index (χ0v) is 14.8. The van der Waals surface area contributed by atoms with E-state index in [9.17, 15) is 18.0 Å². The highest BCUT2D eigenvalue weighted by atomic mass is 32.1. The number of benzene rings is 1. The lowest BCUT2D eigenvalue weighted by atomic mass is 10.1. The number of alkyl halides is 3. The fraction of sp³-hybridized carbons (Fsp3) is 0.222. The van der Waals surface area contributed by atoms with Crippen molar-refractivity contribution in [3.63, 3.8) is 0 Å². The Labute approximate surface area is 151 Å². The minimum atomic E-state index is -4.67. The normalized spacial score (nSPS) is 11.6. The summed E-state index contributed by atoms with van der Waals surface area (Å²) in [5, 5.41) is 2.44. The van der Waals surface area contributed by atoms with Gasteiger partial charge in [-0.25, -0.2) is 4.98 Å². The average molecular weight is 380 g/mol. The van der Waals surface area contributed by atoms with Crippen molar-refractivity contribution >= 4 is 11.3 Å². The highest BCUT2D eigenvalue weighted by molar-refractivity contribution is 7.13. The molecule has 0 unspecified atom stereocenters. The fourth-order valence-corrected chi connectivity index (χ4v) is 3.32. The summed E-state index contributed by atoms with van der Waals surface area (Å²) < 4.78 is 44.9. The lowest BCUT2D eigenvalue weighted by molar-refractivity contribution is -0.138. The number of thiazole rings is 1. The third-order valence-corrected chi connectivity index (χ3v) is 4.80. The van der Waals surface area contributed by atoms with E-state index < -0.39 is 17.3 Å². The van der Waals surface area contributed by atoms with Crippen molar-refractivity contribution in [2.24, 2.45) is 0 Å². The molecule has 4 nitrogen and oxygen atoms in total. The molecule has 136 valence electrons. The van der Waals surface area contributed by atoms with Gasteiger partial charge in [0.25, 0.3) is 5.56 Å². The summed E-state index contributed by atoms with van der Waals surface area (Å²) in [5.41, 5.74) is 0.0971. The molecule has 0 saturated heterocycles. The van der Waals surface area contributed by atoms with Crippen molar-refractivity contribution in [3.05, 3.63) is 69.1 Å². The molecule has 2 aromatic heterocycles. The maximum absolute atomic E-state index is 12.9. The molecule has 1 aromatic carbocycles. The SMILES string of the molecule is COc1cc(-c2nc(Cn3cccc(C(F)(F)F)c3=O)cs2)ccc1C. The van der Waals surface area contributed by atoms with E-state index in [1.54, 1.807) is 12.5 Å². The Morgan fingerprint density at radius 2 is 2.04 bits per heavy atom. The van der Waals surface area contributed by atoms with Gasteiger partial charge in [0.1, 0.15) is 16.3 Å². The number of nitrogens with zero attached hydrogens (tertiary/aromatic N) is 2. The van der Waals surface area contributed by atoms with E-state index in [1.807, 2.05) is 25.1 Å². The van der Waals surface area contributed by atoms with Crippen LogP contribution in [-0.2, 0) is 12.7 Å². The zero-order chi connectivity index (χ0) is 18.9. The molecule has 0 aliphatic carbocycles. The largest absolute Gasteiger partial charge is 0.496 e. The Balaban J connectivity index is 1.89. The lowest BCUT2D eigenvalue weighted by Crippen LogP contribution is -2.28. The van der Waals surface area contributed by atoms with Crippen LogP contribution in [0, 0.1) is 6.92 Å². The van der Waals surface area contributed by atoms with E-state index in [-0.39, 0.29) is 6.54 Å². The average Bonchev–Trinajstić information content (AvgIpc) is 3.04. The molecule has 0 N–H and O–H groups in total. The van der Waals surface area contributed by atoms with Crippen LogP contribution in [0.3, 0.4) is 0 Å². The number of aryl methyl sites for hydroxylation is 1. The van der Waals surface area contributed by atoms with Gasteiger partial charge in [-0.15, -0.1) is 11.3 Å². The monoisotopic (exact) mass is 380 g/mol. The summed E-state index contributed by atoms with van der Waals surface area (Å²) in [6.45, 7) is 1.90. The number of pyridine rings is 1. The number of methoxy groups -OCH3 is 1. The van der Waals surface area contributed by atoms with Crippen LogP contribution in [0.4, 0.5) is 13.2 Å². The molecule has 0 aliphatic heterocycles. The van der Waals surface area contributed by atoms with Crippen LogP contribution in [0.1, 0.15) is 16.8 Å². The Kier molecular flexibility index (Phi) is 4.86. The molecule has 0 saturated carbocycles. The van der Waals surface area contributed by atoms with Crippen LogP contribution in [0.5, 0.6) is 5.75 Å². The van der Waals surface area contributed by atoms with E-state index in [0.717, 1.165) is 27.5 Å². The minimum Gasteiger partial charge on any atom is -0.496 e. The molecule has 0 bridgehead atoms. The van der Waals surface area contributed by atoms with Crippen LogP contribution in [-0.4, -0.2) is 16.7 Å². The molecular weight excluding hydrogens is 365 g/mol. The molecule has 0 fully saturated rings. The summed E-state index contributed by atoms with van der Waals surface area (Å²) in [6.07, 6.45) is -3.35. The highest BCUT2D eigenvalue weighted by Crippen LogP contribution is 2.29. The van der Waals surface area contributed by atoms with Gasteiger partial charge in [0.05, 0.1) is 19.3 Å². The van der Waals surface area contributed by atoms with E-state index in [1.165, 1.54) is 23.6 Å². The number of hydrogen-bond donors (Lipinski definition) is 0. The van der Waals surface area contributed by atoms with Crippen LogP contribution in [0.15, 0.2) is 46.7 Å². The molecule has 3 aromatic rings. The van der Waals surface area contributed by atoms with Crippen LogP contribution < -0.4 is 10.3 Å². The zero-order valence-electron chi connectivity index (χ0n) is 14.0. The fourth-order valence-electron chi connectivity index (χ4n) is 2.52. The maximum atomic E-state index is 12.9. The van der Waals surface area contributed by atoms with E-state index in [0.29, 0.717) is 10.7 Å². The van der Waals surface area contributed by atoms with Crippen molar-refractivity contribution in [2.75, 3.05) is 7.11 Å². The van der Waals surface area contributed by atoms with Crippen molar-refractivity contribution in [1.82, 2.24) is 9.55 Å². The quantitative estimate of drug-likeness (QED) is 0.676. The first-order valence-corrected chi connectivity index (χ1v) is 8.53. The molecule has 0 radical (unpaired) electrons. The van der Waals surface area contributed by atoms with E-state index in [2.05, 4.69) is 4.98 Å². The van der Waals surface area contributed by atoms with Gasteiger partial charge in [-0.3, -0.25) is 4.79 Å². The number of halogens is 3. The van der Waals surface area contributed by atoms with Gasteiger partial charge in [-0.05, 0) is 30.7 Å². The second-order valence-electron chi connectivity index (χ2n) is 5.68. The minimum absolute atomic E-state index is 0.0255. The van der Waals surface area contributed by atoms with E-state index >= 15 is 0 Å². The maximum Gasteiger partial charge on any atom is 0.421 e. The summed E-state index contributed by atoms with van der Waals surface area (Å²) >= 11 is 1.36. The Bertz CT molecular complexity index is 993. The molecule has 3 rings (SSSR count). The van der Waals surface area contributed by atoms with Crippen molar-refractivity contribution in [3.8, 4) is 16.3 Å². The molecule has 8 heteroatoms. The summed E-state index contributed by atoms with van der Waals surface area (Å²) in [4.78, 5) is 16.5. The third-order valence-electron chi connectivity index (χ3n) is 3.86. The smallest absolute Gasteiger partial charge is 0.421 e. The van der Waals surface area contributed by atoms with Crippen LogP contribution >= 0.6 is 11.3 Å². The Morgan fingerprint density at radius 1 is 1.27 bits per heavy atom. The molecule has 2 heterocycles. The lowest BCUT2D eigenvalue weighted by Gasteiger charge is -2.09. The standard InChI is InChI=1S/C18H15F3N2O2S/c1-11-5-6-12(8-15(11)25-2)16-22-13(10-26-16)9-23-7-3-4-14(17(23)24)18(19,20)21/h3-8,10H,9H2,1-2H3. The molecule has 0 atom stereocenters. The Morgan fingerprint density at radius 3 is 2.73 bits per heavy atom. The van der Waals surface area contributed by atoms with Crippen molar-refractivity contribution in [1.29, 1.82) is 0 Å². The number of hydrogen-bond acceptors (Lipinski definition) is 4. The topological polar surface area (TPSA) is 44.1 Å². The van der Waals surface area contributed by atoms with Crippen molar-refractivity contribution in [2.45, 2.75) is 19.6 Å². The van der Waals surface area contributed by atoms with Gasteiger partial charge in [-0.1, -0.05) is 12.1 Å². The molecule has 26 heavy (non-hydrogen) atoms. The molecular formula is C18H15F3N2O2S. The van der Waals surface area contributed by atoms with Crippen LogP contribution in [0.25, 0.3) is 10.6 Å². The molecule has 0 aliphatic rings. The second kappa shape index (κ2) is 6.95. The van der Waals surface area contributed by atoms with Gasteiger partial charge in [-0.2, -0.15) is 13.2 Å². The highest BCUT2D eigenvalue weighted by Gasteiger charge is 2.34. The summed E-state index contributed by atoms with van der Waals surface area (Å²) in [7, 11) is 1.58. The molecule has 0 spiro atoms. The first kappa shape index (κ1) is 18.2. The van der Waals surface area contributed by atoms with E-state index in [4.69, 9.17) is 4.74 Å². The van der Waals surface area contributed by atoms with Gasteiger partial charge in [0, 0.05) is 17.1 Å². The predicted octanol–water partition coefficient (Wildman–Crippen LogP) is 4.36. The predicted molar refractivity (Wildman–Crippen MR) is 93.6 cm³/mol. The van der Waals surface area contributed by atoms with Gasteiger partial charge in [0.2, 0.25) is 0 Å². The van der Waals surface area contributed by atoms with Crippen LogP contribution in [0.2, 0.25) is 0 Å². The van der Waals surface area contributed by atoms with Crippen molar-refractivity contribution < 1.29 is 17.9 Å². The third kappa shape index (κ3) is 3.65. The van der Waals surface area contributed by atoms with Gasteiger partial charge in [0.15, 0.2) is 0 Å². The number of ether oxygens (including phenoxy) is 1. The molecule has 0 amide bonds. The second-order valence-corrected chi connectivity index (χ2v) is 6.54. The number of rotatable bonds is 4. The van der Waals surface area contributed by atoms with Gasteiger partial charge < -0.3 is 9.30 Å². The summed E-state index contributed by atoms with van der Waals surface area (Å²) in [5.74, 6) is 0.730. The first-order chi connectivity index (χ1) is 12.3. The Hall–Kier alpha value is -2.61. The summed E-state index contributed by atoms with van der Waals surface area (Å²) in [6, 6.07) is 7.66. The number of aromatic nitrogens is 2.